The molecule has 0 aromatic rings. The number of hydrogen-bond acceptors (Lipinski definition) is 4. The van der Waals surface area contributed by atoms with Crippen LogP contribution in [0.15, 0.2) is 0 Å². The molecule has 0 rings (SSSR count). The molecule has 0 aliphatic heterocycles. The minimum atomic E-state index is -3.83. The predicted molar refractivity (Wildman–Crippen MR) is 51.8 cm³/mol. The summed E-state index contributed by atoms with van der Waals surface area (Å²) in [4.78, 5) is 0. The molecular weight excluding hydrogens is 273 g/mol. The number of thiocyanates is 1. The first kappa shape index (κ1) is 61.0. The van der Waals surface area contributed by atoms with E-state index in [9.17, 15) is 0 Å². The quantitative estimate of drug-likeness (QED) is 0.248. The van der Waals surface area contributed by atoms with Crippen molar-refractivity contribution in [1.29, 1.82) is 5.26 Å². The zero-order chi connectivity index (χ0) is 7.21. The van der Waals surface area contributed by atoms with Crippen molar-refractivity contribution < 1.29 is 70.3 Å². The third-order valence-electron chi connectivity index (χ3n) is 0. The van der Waals surface area contributed by atoms with Gasteiger partial charge in [-0.15, -0.1) is 0 Å². The normalized spacial score (nSPS) is 4.64. The molecule has 0 unspecified atom stereocenters. The summed E-state index contributed by atoms with van der Waals surface area (Å²) < 4.78 is 24.0. The third-order valence-corrected chi connectivity index (χ3v) is 0. The topological polar surface area (TPSA) is 239 Å². The summed E-state index contributed by atoms with van der Waals surface area (Å²) in [5.41, 5.74) is 0. The summed E-state index contributed by atoms with van der Waals surface area (Å²) in [6.45, 7) is 0. The van der Waals surface area contributed by atoms with Gasteiger partial charge in [-0.25, -0.2) is 5.26 Å². The minimum Gasteiger partial charge on any atom is -0.696 e. The van der Waals surface area contributed by atoms with Crippen molar-refractivity contribution in [3.63, 3.8) is 0 Å². The van der Waals surface area contributed by atoms with Crippen LogP contribution in [0.5, 0.6) is 0 Å². The molecule has 0 bridgehead atoms. The van der Waals surface area contributed by atoms with Crippen LogP contribution < -0.4 is 29.6 Å². The van der Waals surface area contributed by atoms with Crippen LogP contribution in [-0.2, 0) is 32.9 Å². The summed E-state index contributed by atoms with van der Waals surface area (Å²) >= 11 is 7.16. The summed E-state index contributed by atoms with van der Waals surface area (Å²) in [5, 5.41) is 8.47. The first-order chi connectivity index (χ1) is 3.41. The van der Waals surface area contributed by atoms with Crippen LogP contribution in [0.3, 0.4) is 0 Å². The molecule has 12 N–H and O–H groups in total. The molecule has 0 aromatic heterocycles. The van der Waals surface area contributed by atoms with E-state index in [1.807, 2.05) is 0 Å². The van der Waals surface area contributed by atoms with Crippen molar-refractivity contribution in [3.8, 4) is 5.40 Å². The van der Waals surface area contributed by atoms with Gasteiger partial charge in [-0.1, -0.05) is 5.40 Å². The Labute approximate surface area is 113 Å². The maximum absolute atomic E-state index is 9.11. The van der Waals surface area contributed by atoms with Gasteiger partial charge in [-0.05, 0) is 0 Å². The summed E-state index contributed by atoms with van der Waals surface area (Å²) in [5.74, 6) is 0. The third kappa shape index (κ3) is 2780. The molecule has 0 saturated carbocycles. The van der Waals surface area contributed by atoms with E-state index in [1.54, 1.807) is 0 Å². The summed E-state index contributed by atoms with van der Waals surface area (Å²) in [6, 6.07) is 0. The van der Waals surface area contributed by atoms with Gasteiger partial charge in [0.05, 0.1) is 0 Å². The number of nitriles is 1. The first-order valence-electron chi connectivity index (χ1n) is 1.13. The van der Waals surface area contributed by atoms with E-state index >= 15 is 0 Å². The molecule has 0 saturated heterocycles. The van der Waals surface area contributed by atoms with Crippen LogP contribution in [0.1, 0.15) is 0 Å². The van der Waals surface area contributed by atoms with Crippen molar-refractivity contribution in [1.82, 2.24) is 0 Å². The minimum absolute atomic E-state index is 0. The van der Waals surface area contributed by atoms with Crippen molar-refractivity contribution in [3.05, 3.63) is 0 Å². The molecule has 0 aliphatic rings. The van der Waals surface area contributed by atoms with Gasteiger partial charge in [-0.3, -0.25) is 9.11 Å². The molecule has 0 aromatic carbocycles. The van der Waals surface area contributed by atoms with Crippen LogP contribution in [0.2, 0.25) is 0 Å². The fourth-order valence-corrected chi connectivity index (χ4v) is 0. The maximum atomic E-state index is 9.11. The fourth-order valence-electron chi connectivity index (χ4n) is 0. The Hall–Kier alpha value is 0.800. The van der Waals surface area contributed by atoms with Crippen LogP contribution in [0.4, 0.5) is 0 Å². The molecular formula is CH12NNaO8S3. The second-order valence-electron chi connectivity index (χ2n) is 0.539. The number of rotatable bonds is 0. The van der Waals surface area contributed by atoms with Crippen LogP contribution >= 0.6 is 0 Å². The molecule has 0 fully saturated rings. The summed E-state index contributed by atoms with van der Waals surface area (Å²) in [7, 11) is -3.83. The van der Waals surface area contributed by atoms with Crippen molar-refractivity contribution in [2.75, 3.05) is 0 Å². The van der Waals surface area contributed by atoms with E-state index in [0.717, 1.165) is 0 Å². The van der Waals surface area contributed by atoms with Gasteiger partial charge in [0.25, 0.3) is 9.05 Å². The van der Waals surface area contributed by atoms with Crippen molar-refractivity contribution in [2.24, 2.45) is 0 Å². The average Bonchev–Trinajstić information content (AvgIpc) is 1.27. The molecule has 88 valence electrons. The van der Waals surface area contributed by atoms with Gasteiger partial charge in [-0.2, -0.15) is 4.21 Å². The SMILES string of the molecule is N#C[S-].O.O.O.O.O.O=S(O)(O)=S.[Na+]. The van der Waals surface area contributed by atoms with Crippen molar-refractivity contribution in [2.45, 2.75) is 0 Å². The maximum Gasteiger partial charge on any atom is 1.00 e. The number of hydrogen-bond donors (Lipinski definition) is 2. The van der Waals surface area contributed by atoms with Gasteiger partial charge in [0.2, 0.25) is 0 Å². The van der Waals surface area contributed by atoms with E-state index in [1.165, 1.54) is 5.40 Å². The Kier molecular flexibility index (Phi) is 162. The van der Waals surface area contributed by atoms with Gasteiger partial charge >= 0.3 is 29.6 Å². The molecule has 0 heterocycles. The van der Waals surface area contributed by atoms with Gasteiger partial charge < -0.3 is 40.0 Å². The van der Waals surface area contributed by atoms with Gasteiger partial charge in [0.1, 0.15) is 0 Å². The van der Waals surface area contributed by atoms with Gasteiger partial charge in [0, 0.05) is 11.2 Å². The molecule has 13 heteroatoms. The average molecular weight is 285 g/mol. The van der Waals surface area contributed by atoms with Crippen LogP contribution in [0.25, 0.3) is 0 Å². The zero-order valence-corrected chi connectivity index (χ0v) is 11.4. The second-order valence-corrected chi connectivity index (χ2v) is 2.92. The molecule has 9 nitrogen and oxygen atoms in total. The molecule has 0 radical (unpaired) electrons. The number of nitrogens with zero attached hydrogens (tertiary/aromatic N) is 1. The Morgan fingerprint density at radius 3 is 1.14 bits per heavy atom. The molecule has 0 spiro atoms. The fraction of sp³-hybridized carbons (Fsp3) is 0. The van der Waals surface area contributed by atoms with Gasteiger partial charge in [0.15, 0.2) is 0 Å². The predicted octanol–water partition coefficient (Wildman–Crippen LogP) is -7.43. The van der Waals surface area contributed by atoms with E-state index in [2.05, 4.69) is 23.8 Å². The Morgan fingerprint density at radius 1 is 1.14 bits per heavy atom. The van der Waals surface area contributed by atoms with E-state index in [0.29, 0.717) is 0 Å². The Balaban J connectivity index is -0.00000000626. The Bertz CT molecular complexity index is 166. The standard InChI is InChI=1S/CHNS.Na.H2O3S2.5H2O/c2-1-3;;1-5(2,3)4;;;;;/h3H;;(H2,1,2,3,4);5*1H2/q;+1;;;;;;/p-1. The second kappa shape index (κ2) is 37.2. The zero-order valence-electron chi connectivity index (χ0n) is 6.97. The summed E-state index contributed by atoms with van der Waals surface area (Å²) in [6.07, 6.45) is 0. The largest absolute Gasteiger partial charge is 1.00 e. The molecule has 0 atom stereocenters. The van der Waals surface area contributed by atoms with Crippen LogP contribution in [-0.4, -0.2) is 40.7 Å². The first-order valence-corrected chi connectivity index (χ1v) is 3.93. The van der Waals surface area contributed by atoms with Crippen LogP contribution in [0, 0.1) is 10.7 Å². The van der Waals surface area contributed by atoms with E-state index in [4.69, 9.17) is 18.6 Å². The molecule has 0 aliphatic carbocycles. The van der Waals surface area contributed by atoms with Crippen molar-refractivity contribution >= 4 is 32.9 Å². The molecule has 0 amide bonds. The molecule has 14 heavy (non-hydrogen) atoms. The Morgan fingerprint density at radius 2 is 1.14 bits per heavy atom. The monoisotopic (exact) mass is 285 g/mol. The van der Waals surface area contributed by atoms with E-state index in [-0.39, 0.29) is 56.9 Å². The smallest absolute Gasteiger partial charge is 0.696 e. The van der Waals surface area contributed by atoms with E-state index < -0.39 is 9.05 Å².